The van der Waals surface area contributed by atoms with E-state index in [1.807, 2.05) is 0 Å². The van der Waals surface area contributed by atoms with Gasteiger partial charge in [0.15, 0.2) is 0 Å². The predicted molar refractivity (Wildman–Crippen MR) is 46.5 cm³/mol. The topological polar surface area (TPSA) is 31.0 Å². The van der Waals surface area contributed by atoms with Gasteiger partial charge in [-0.2, -0.15) is 0 Å². The minimum atomic E-state index is 0.324. The molecule has 72 valence electrons. The molecule has 0 aromatic carbocycles. The van der Waals surface area contributed by atoms with Gasteiger partial charge < -0.3 is 14.2 Å². The van der Waals surface area contributed by atoms with E-state index in [0.717, 1.165) is 26.2 Å². The second-order valence-electron chi connectivity index (χ2n) is 4.01. The summed E-state index contributed by atoms with van der Waals surface area (Å²) in [5.74, 6) is 0.578. The molecule has 3 nitrogen and oxygen atoms in total. The standard InChI is InChI=1S/C10H14O3/c1-2-10-7(3-8(1)13-10)4-11-5-9-6-12-9/h1-2,7-10H,3-6H2. The number of epoxide rings is 1. The van der Waals surface area contributed by atoms with Gasteiger partial charge in [-0.3, -0.25) is 0 Å². The van der Waals surface area contributed by atoms with Gasteiger partial charge in [0.25, 0.3) is 0 Å². The third-order valence-electron chi connectivity index (χ3n) is 2.89. The van der Waals surface area contributed by atoms with E-state index in [1.165, 1.54) is 0 Å². The zero-order chi connectivity index (χ0) is 8.67. The summed E-state index contributed by atoms with van der Waals surface area (Å²) < 4.78 is 16.3. The zero-order valence-corrected chi connectivity index (χ0v) is 7.52. The van der Waals surface area contributed by atoms with Crippen molar-refractivity contribution in [2.24, 2.45) is 5.92 Å². The molecular formula is C10H14O3. The Hall–Kier alpha value is -0.380. The molecule has 4 unspecified atom stereocenters. The highest BCUT2D eigenvalue weighted by Gasteiger charge is 2.37. The largest absolute Gasteiger partial charge is 0.378 e. The van der Waals surface area contributed by atoms with Gasteiger partial charge in [-0.15, -0.1) is 0 Å². The third-order valence-corrected chi connectivity index (χ3v) is 2.89. The first-order valence-electron chi connectivity index (χ1n) is 4.95. The minimum absolute atomic E-state index is 0.324. The SMILES string of the molecule is C1=CC2OC1CC2COCC1CO1. The van der Waals surface area contributed by atoms with Gasteiger partial charge in [0.05, 0.1) is 32.0 Å². The molecule has 2 bridgehead atoms. The van der Waals surface area contributed by atoms with Crippen LogP contribution in [-0.2, 0) is 14.2 Å². The van der Waals surface area contributed by atoms with Crippen LogP contribution < -0.4 is 0 Å². The molecule has 2 fully saturated rings. The van der Waals surface area contributed by atoms with Gasteiger partial charge in [-0.1, -0.05) is 12.2 Å². The van der Waals surface area contributed by atoms with Crippen molar-refractivity contribution in [3.8, 4) is 0 Å². The van der Waals surface area contributed by atoms with Crippen LogP contribution in [0.15, 0.2) is 12.2 Å². The number of hydrogen-bond acceptors (Lipinski definition) is 3. The van der Waals surface area contributed by atoms with Crippen molar-refractivity contribution in [1.29, 1.82) is 0 Å². The van der Waals surface area contributed by atoms with Crippen molar-refractivity contribution >= 4 is 0 Å². The van der Waals surface area contributed by atoms with Crippen LogP contribution in [0.5, 0.6) is 0 Å². The Bertz CT molecular complexity index is 222. The zero-order valence-electron chi connectivity index (χ0n) is 7.52. The first-order valence-corrected chi connectivity index (χ1v) is 4.95. The first kappa shape index (κ1) is 7.97. The van der Waals surface area contributed by atoms with E-state index in [4.69, 9.17) is 14.2 Å². The minimum Gasteiger partial charge on any atom is -0.378 e. The van der Waals surface area contributed by atoms with Crippen LogP contribution in [0.4, 0.5) is 0 Å². The highest BCUT2D eigenvalue weighted by molar-refractivity contribution is 5.10. The van der Waals surface area contributed by atoms with Crippen LogP contribution >= 0.6 is 0 Å². The van der Waals surface area contributed by atoms with E-state index in [2.05, 4.69) is 12.2 Å². The Morgan fingerprint density at radius 1 is 1.31 bits per heavy atom. The third kappa shape index (κ3) is 1.64. The van der Waals surface area contributed by atoms with Gasteiger partial charge in [0, 0.05) is 5.92 Å². The Morgan fingerprint density at radius 3 is 2.85 bits per heavy atom. The molecule has 13 heavy (non-hydrogen) atoms. The molecule has 3 aliphatic rings. The monoisotopic (exact) mass is 182 g/mol. The highest BCUT2D eigenvalue weighted by Crippen LogP contribution is 2.33. The van der Waals surface area contributed by atoms with Crippen LogP contribution in [-0.4, -0.2) is 38.1 Å². The molecule has 0 spiro atoms. The van der Waals surface area contributed by atoms with Gasteiger partial charge >= 0.3 is 0 Å². The quantitative estimate of drug-likeness (QED) is 0.474. The normalized spacial score (nSPS) is 45.8. The van der Waals surface area contributed by atoms with Crippen LogP contribution in [0, 0.1) is 5.92 Å². The number of fused-ring (bicyclic) bond motifs is 2. The fraction of sp³-hybridized carbons (Fsp3) is 0.800. The van der Waals surface area contributed by atoms with Crippen molar-refractivity contribution in [2.75, 3.05) is 19.8 Å². The van der Waals surface area contributed by atoms with Crippen LogP contribution in [0.1, 0.15) is 6.42 Å². The van der Waals surface area contributed by atoms with Gasteiger partial charge in [-0.25, -0.2) is 0 Å². The molecule has 2 saturated heterocycles. The average molecular weight is 182 g/mol. The highest BCUT2D eigenvalue weighted by atomic mass is 16.6. The number of rotatable bonds is 4. The fourth-order valence-corrected chi connectivity index (χ4v) is 2.04. The summed E-state index contributed by atoms with van der Waals surface area (Å²) in [7, 11) is 0. The summed E-state index contributed by atoms with van der Waals surface area (Å²) in [5.41, 5.74) is 0. The van der Waals surface area contributed by atoms with Crippen LogP contribution in [0.2, 0.25) is 0 Å². The first-order chi connectivity index (χ1) is 6.42. The second-order valence-corrected chi connectivity index (χ2v) is 4.01. The Balaban J connectivity index is 1.43. The molecule has 3 rings (SSSR count). The number of hydrogen-bond donors (Lipinski definition) is 0. The summed E-state index contributed by atoms with van der Waals surface area (Å²) in [6, 6.07) is 0. The molecule has 0 N–H and O–H groups in total. The van der Waals surface area contributed by atoms with Crippen molar-refractivity contribution in [3.63, 3.8) is 0 Å². The van der Waals surface area contributed by atoms with E-state index >= 15 is 0 Å². The lowest BCUT2D eigenvalue weighted by atomic mass is 9.95. The van der Waals surface area contributed by atoms with E-state index in [1.54, 1.807) is 0 Å². The lowest BCUT2D eigenvalue weighted by Gasteiger charge is -2.14. The maximum absolute atomic E-state index is 5.64. The molecule has 0 aliphatic carbocycles. The summed E-state index contributed by atoms with van der Waals surface area (Å²) in [5, 5.41) is 0. The van der Waals surface area contributed by atoms with Crippen molar-refractivity contribution < 1.29 is 14.2 Å². The molecular weight excluding hydrogens is 168 g/mol. The molecule has 4 atom stereocenters. The maximum Gasteiger partial charge on any atom is 0.104 e. The van der Waals surface area contributed by atoms with Crippen LogP contribution in [0.3, 0.4) is 0 Å². The Kier molecular flexibility index (Phi) is 1.89. The summed E-state index contributed by atoms with van der Waals surface area (Å²) in [4.78, 5) is 0. The van der Waals surface area contributed by atoms with Crippen LogP contribution in [0.25, 0.3) is 0 Å². The summed E-state index contributed by atoms with van der Waals surface area (Å²) in [6.07, 6.45) is 6.53. The average Bonchev–Trinajstić information content (AvgIpc) is 2.74. The van der Waals surface area contributed by atoms with Gasteiger partial charge in [0.1, 0.15) is 6.10 Å². The molecule has 3 aliphatic heterocycles. The maximum atomic E-state index is 5.64. The predicted octanol–water partition coefficient (Wildman–Crippen LogP) is 0.745. The number of ether oxygens (including phenoxy) is 3. The van der Waals surface area contributed by atoms with E-state index in [9.17, 15) is 0 Å². The lowest BCUT2D eigenvalue weighted by Crippen LogP contribution is -2.20. The van der Waals surface area contributed by atoms with E-state index in [0.29, 0.717) is 24.2 Å². The van der Waals surface area contributed by atoms with E-state index in [-0.39, 0.29) is 0 Å². The van der Waals surface area contributed by atoms with Gasteiger partial charge in [-0.05, 0) is 6.42 Å². The lowest BCUT2D eigenvalue weighted by molar-refractivity contribution is 0.0563. The van der Waals surface area contributed by atoms with Gasteiger partial charge in [0.2, 0.25) is 0 Å². The van der Waals surface area contributed by atoms with Crippen molar-refractivity contribution in [2.45, 2.75) is 24.7 Å². The Morgan fingerprint density at radius 2 is 2.23 bits per heavy atom. The second kappa shape index (κ2) is 3.08. The smallest absolute Gasteiger partial charge is 0.104 e. The molecule has 3 heteroatoms. The fourth-order valence-electron chi connectivity index (χ4n) is 2.04. The Labute approximate surface area is 77.7 Å². The molecule has 0 aromatic heterocycles. The van der Waals surface area contributed by atoms with Crippen molar-refractivity contribution in [3.05, 3.63) is 12.2 Å². The summed E-state index contributed by atoms with van der Waals surface area (Å²) in [6.45, 7) is 2.47. The molecule has 3 heterocycles. The summed E-state index contributed by atoms with van der Waals surface area (Å²) >= 11 is 0. The van der Waals surface area contributed by atoms with E-state index < -0.39 is 0 Å². The molecule has 0 saturated carbocycles. The molecule has 0 radical (unpaired) electrons. The van der Waals surface area contributed by atoms with Crippen molar-refractivity contribution in [1.82, 2.24) is 0 Å². The molecule has 0 aromatic rings. The molecule has 0 amide bonds.